The molecule has 0 aromatic carbocycles. The van der Waals surface area contributed by atoms with E-state index in [0.717, 1.165) is 19.5 Å². The van der Waals surface area contributed by atoms with Gasteiger partial charge in [0.1, 0.15) is 0 Å². The van der Waals surface area contributed by atoms with Crippen molar-refractivity contribution in [1.29, 1.82) is 0 Å². The van der Waals surface area contributed by atoms with E-state index in [1.54, 1.807) is 14.2 Å². The van der Waals surface area contributed by atoms with Crippen molar-refractivity contribution in [2.45, 2.75) is 13.3 Å². The fourth-order valence-corrected chi connectivity index (χ4v) is 1.04. The van der Waals surface area contributed by atoms with Crippen LogP contribution in [0.2, 0.25) is 0 Å². The lowest BCUT2D eigenvalue weighted by molar-refractivity contribution is 0.204. The molecule has 0 radical (unpaired) electrons. The zero-order valence-corrected chi connectivity index (χ0v) is 10.4. The van der Waals surface area contributed by atoms with Crippen LogP contribution in [0.5, 0.6) is 0 Å². The number of ether oxygens (including phenoxy) is 1. The number of hydrogen-bond acceptors (Lipinski definition) is 4. The smallest absolute Gasteiger partial charge is 0.188 e. The van der Waals surface area contributed by atoms with Crippen LogP contribution in [-0.4, -0.2) is 52.2 Å². The fourth-order valence-electron chi connectivity index (χ4n) is 1.04. The van der Waals surface area contributed by atoms with Crippen LogP contribution in [0.4, 0.5) is 0 Å². The first-order chi connectivity index (χ1) is 7.74. The minimum absolute atomic E-state index is 0.451. The van der Waals surface area contributed by atoms with Crippen molar-refractivity contribution in [2.24, 2.45) is 15.7 Å². The average molecular weight is 229 g/mol. The summed E-state index contributed by atoms with van der Waals surface area (Å²) in [5.74, 6) is 1.62. The number of methoxy groups -OCH3 is 1. The van der Waals surface area contributed by atoms with Gasteiger partial charge in [-0.05, 0) is 0 Å². The largest absolute Gasteiger partial charge is 0.383 e. The van der Waals surface area contributed by atoms with Gasteiger partial charge in [0, 0.05) is 33.7 Å². The van der Waals surface area contributed by atoms with Gasteiger partial charge < -0.3 is 21.1 Å². The third-order valence-corrected chi connectivity index (χ3v) is 1.93. The van der Waals surface area contributed by atoms with Crippen molar-refractivity contribution in [3.63, 3.8) is 0 Å². The lowest BCUT2D eigenvalue weighted by Gasteiger charge is -2.01. The lowest BCUT2D eigenvalue weighted by Crippen LogP contribution is -2.33. The summed E-state index contributed by atoms with van der Waals surface area (Å²) in [4.78, 5) is 7.85. The first-order valence-corrected chi connectivity index (χ1v) is 5.46. The van der Waals surface area contributed by atoms with E-state index >= 15 is 0 Å². The molecule has 1 heterocycles. The van der Waals surface area contributed by atoms with Crippen molar-refractivity contribution in [3.8, 4) is 0 Å². The monoisotopic (exact) mass is 229 g/mol. The highest BCUT2D eigenvalue weighted by molar-refractivity contribution is 5.83. The number of rotatable bonds is 4. The molecule has 16 heavy (non-hydrogen) atoms. The van der Waals surface area contributed by atoms with Crippen LogP contribution < -0.4 is 16.4 Å². The Bertz CT molecular complexity index is 227. The molecule has 1 aliphatic rings. The van der Waals surface area contributed by atoms with Crippen molar-refractivity contribution < 1.29 is 4.74 Å². The van der Waals surface area contributed by atoms with Crippen molar-refractivity contribution in [3.05, 3.63) is 0 Å². The maximum Gasteiger partial charge on any atom is 0.188 e. The molecule has 0 amide bonds. The number of nitrogens with one attached hydrogen (secondary N) is 2. The predicted octanol–water partition coefficient (Wildman–Crippen LogP) is -0.435. The van der Waals surface area contributed by atoms with Gasteiger partial charge in [0.2, 0.25) is 0 Å². The van der Waals surface area contributed by atoms with Crippen molar-refractivity contribution in [2.75, 3.05) is 40.4 Å². The normalized spacial score (nSPS) is 14.7. The molecule has 0 aromatic rings. The second-order valence-electron chi connectivity index (χ2n) is 3.14. The van der Waals surface area contributed by atoms with E-state index in [0.29, 0.717) is 19.1 Å². The first kappa shape index (κ1) is 14.7. The minimum Gasteiger partial charge on any atom is -0.383 e. The Morgan fingerprint density at radius 3 is 2.81 bits per heavy atom. The third-order valence-electron chi connectivity index (χ3n) is 1.93. The van der Waals surface area contributed by atoms with E-state index in [4.69, 9.17) is 10.5 Å². The third kappa shape index (κ3) is 8.05. The SMILES string of the molecule is CCC1=NCCN1.CN=C(N)NCCOC. The van der Waals surface area contributed by atoms with Gasteiger partial charge in [-0.25, -0.2) is 0 Å². The Hall–Kier alpha value is -1.30. The van der Waals surface area contributed by atoms with Gasteiger partial charge in [-0.2, -0.15) is 0 Å². The van der Waals surface area contributed by atoms with E-state index in [-0.39, 0.29) is 0 Å². The summed E-state index contributed by atoms with van der Waals surface area (Å²) in [5.41, 5.74) is 5.30. The Morgan fingerprint density at radius 2 is 2.44 bits per heavy atom. The van der Waals surface area contributed by atoms with E-state index in [1.807, 2.05) is 0 Å². The molecule has 4 N–H and O–H groups in total. The number of nitrogens with two attached hydrogens (primary N) is 1. The summed E-state index contributed by atoms with van der Waals surface area (Å²) in [7, 11) is 3.27. The van der Waals surface area contributed by atoms with Crippen LogP contribution in [-0.2, 0) is 4.74 Å². The standard InChI is InChI=1S/C5H13N3O.C5H10N2/c1-7-5(6)8-3-4-9-2;1-2-5-6-3-4-7-5/h3-4H2,1-2H3,(H3,6,7,8);2-4H2,1H3,(H,6,7). The van der Waals surface area contributed by atoms with Crippen LogP contribution in [0.1, 0.15) is 13.3 Å². The molecule has 0 unspecified atom stereocenters. The van der Waals surface area contributed by atoms with Crippen molar-refractivity contribution in [1.82, 2.24) is 10.6 Å². The highest BCUT2D eigenvalue weighted by atomic mass is 16.5. The van der Waals surface area contributed by atoms with Gasteiger partial charge in [0.05, 0.1) is 19.0 Å². The van der Waals surface area contributed by atoms with Crippen LogP contribution >= 0.6 is 0 Å². The van der Waals surface area contributed by atoms with Gasteiger partial charge in [-0.3, -0.25) is 9.98 Å². The van der Waals surface area contributed by atoms with E-state index < -0.39 is 0 Å². The minimum atomic E-state index is 0.451. The second kappa shape index (κ2) is 10.2. The maximum absolute atomic E-state index is 5.30. The molecule has 6 nitrogen and oxygen atoms in total. The molecule has 94 valence electrons. The van der Waals surface area contributed by atoms with Gasteiger partial charge in [0.15, 0.2) is 5.96 Å². The molecule has 0 saturated heterocycles. The fraction of sp³-hybridized carbons (Fsp3) is 0.800. The quantitative estimate of drug-likeness (QED) is 0.347. The van der Waals surface area contributed by atoms with Crippen LogP contribution in [0.3, 0.4) is 0 Å². The second-order valence-corrected chi connectivity index (χ2v) is 3.14. The molecule has 1 rings (SSSR count). The molecular formula is C10H23N5O. The summed E-state index contributed by atoms with van der Waals surface area (Å²) in [5, 5.41) is 5.99. The summed E-state index contributed by atoms with van der Waals surface area (Å²) >= 11 is 0. The molecule has 0 aliphatic carbocycles. The summed E-state index contributed by atoms with van der Waals surface area (Å²) < 4.78 is 4.76. The number of nitrogens with zero attached hydrogens (tertiary/aromatic N) is 2. The molecule has 0 saturated carbocycles. The molecule has 1 aliphatic heterocycles. The Morgan fingerprint density at radius 1 is 1.69 bits per heavy atom. The van der Waals surface area contributed by atoms with Crippen molar-refractivity contribution >= 4 is 11.8 Å². The average Bonchev–Trinajstić information content (AvgIpc) is 2.83. The van der Waals surface area contributed by atoms with Crippen LogP contribution in [0.25, 0.3) is 0 Å². The van der Waals surface area contributed by atoms with E-state index in [9.17, 15) is 0 Å². The van der Waals surface area contributed by atoms with Gasteiger partial charge in [-0.1, -0.05) is 6.92 Å². The molecule has 0 aromatic heterocycles. The molecular weight excluding hydrogens is 206 g/mol. The maximum atomic E-state index is 5.30. The van der Waals surface area contributed by atoms with Gasteiger partial charge in [-0.15, -0.1) is 0 Å². The zero-order valence-electron chi connectivity index (χ0n) is 10.4. The summed E-state index contributed by atoms with van der Waals surface area (Å²) in [6.07, 6.45) is 1.06. The van der Waals surface area contributed by atoms with Gasteiger partial charge >= 0.3 is 0 Å². The number of aliphatic imine (C=N–C) groups is 2. The summed E-state index contributed by atoms with van der Waals surface area (Å²) in [6.45, 7) is 5.49. The molecule has 6 heteroatoms. The molecule has 0 fully saturated rings. The Labute approximate surface area is 97.4 Å². The Balaban J connectivity index is 0.000000288. The van der Waals surface area contributed by atoms with Crippen LogP contribution in [0, 0.1) is 0 Å². The van der Waals surface area contributed by atoms with E-state index in [1.165, 1.54) is 5.84 Å². The molecule has 0 spiro atoms. The van der Waals surface area contributed by atoms with E-state index in [2.05, 4.69) is 27.5 Å². The zero-order chi connectivity index (χ0) is 12.2. The number of guanidine groups is 1. The van der Waals surface area contributed by atoms with Crippen LogP contribution in [0.15, 0.2) is 9.98 Å². The first-order valence-electron chi connectivity index (χ1n) is 5.46. The molecule has 0 bridgehead atoms. The Kier molecular flexibility index (Phi) is 9.39. The molecule has 0 atom stereocenters. The number of hydrogen-bond donors (Lipinski definition) is 3. The van der Waals surface area contributed by atoms with Gasteiger partial charge in [0.25, 0.3) is 0 Å². The topological polar surface area (TPSA) is 84.0 Å². The predicted molar refractivity (Wildman–Crippen MR) is 68.0 cm³/mol. The highest BCUT2D eigenvalue weighted by Crippen LogP contribution is 1.87. The summed E-state index contributed by atoms with van der Waals surface area (Å²) in [6, 6.07) is 0. The number of amidine groups is 1. The highest BCUT2D eigenvalue weighted by Gasteiger charge is 1.98. The lowest BCUT2D eigenvalue weighted by atomic mass is 10.4.